The van der Waals surface area contributed by atoms with Crippen molar-refractivity contribution in [2.75, 3.05) is 126 Å². The number of aliphatic hydroxyl groups excluding tert-OH is 14. The molecule has 5 rings (SSSR count). The molecule has 0 bridgehead atoms. The first kappa shape index (κ1) is 74.4. The zero-order valence-corrected chi connectivity index (χ0v) is 49.2. The van der Waals surface area contributed by atoms with Crippen LogP contribution >= 0.6 is 0 Å². The Morgan fingerprint density at radius 2 is 0.635 bits per heavy atom. The first-order chi connectivity index (χ1) is 40.8. The monoisotopic (exact) mass is 1250 g/mol. The van der Waals surface area contributed by atoms with Gasteiger partial charge in [0.15, 0.2) is 31.5 Å². The topological polar surface area (TPSA) is 449 Å². The summed E-state index contributed by atoms with van der Waals surface area (Å²) in [7, 11) is 0. The van der Waals surface area contributed by atoms with Gasteiger partial charge in [0, 0.05) is 5.92 Å². The van der Waals surface area contributed by atoms with Crippen LogP contribution in [0.1, 0.15) is 41.5 Å². The van der Waals surface area contributed by atoms with Crippen molar-refractivity contribution in [1.82, 2.24) is 0 Å². The Kier molecular flexibility index (Phi) is 33.8. The normalized spacial score (nSPS) is 39.4. The van der Waals surface area contributed by atoms with E-state index in [4.69, 9.17) is 85.3 Å². The lowest BCUT2D eigenvalue weighted by atomic mass is 9.81. The maximum atomic E-state index is 12.3. The highest BCUT2D eigenvalue weighted by atomic mass is 16.8. The molecule has 0 aromatic rings. The minimum absolute atomic E-state index is 0.0629. The van der Waals surface area contributed by atoms with Crippen LogP contribution in [0.15, 0.2) is 0 Å². The van der Waals surface area contributed by atoms with Gasteiger partial charge in [-0.1, -0.05) is 13.8 Å². The third kappa shape index (κ3) is 20.9. The largest absolute Gasteiger partial charge is 0.394 e. The number of ether oxygens (including phenoxy) is 18. The molecule has 5 fully saturated rings. The highest BCUT2D eigenvalue weighted by molar-refractivity contribution is 5.00. The first-order valence-electron chi connectivity index (χ1n) is 29.2. The van der Waals surface area contributed by atoms with Crippen LogP contribution in [0, 0.1) is 11.8 Å². The molecule has 502 valence electrons. The molecule has 5 saturated heterocycles. The average molecular weight is 1250 g/mol. The van der Waals surface area contributed by atoms with Gasteiger partial charge in [-0.25, -0.2) is 0 Å². The van der Waals surface area contributed by atoms with Crippen molar-refractivity contribution in [1.29, 1.82) is 0 Å². The van der Waals surface area contributed by atoms with Crippen molar-refractivity contribution >= 4 is 0 Å². The molecule has 0 aliphatic carbocycles. The predicted octanol–water partition coefficient (Wildman–Crippen LogP) is -7.03. The molecular formula is C53H98O32. The number of aliphatic hydroxyl groups is 14. The molecule has 0 aromatic heterocycles. The molecule has 5 aliphatic heterocycles. The second-order valence-corrected chi connectivity index (χ2v) is 21.8. The summed E-state index contributed by atoms with van der Waals surface area (Å²) < 4.78 is 109. The summed E-state index contributed by atoms with van der Waals surface area (Å²) in [6.07, 6.45) is -38.2. The van der Waals surface area contributed by atoms with Gasteiger partial charge in [-0.15, -0.1) is 0 Å². The lowest BCUT2D eigenvalue weighted by Gasteiger charge is -2.51. The SMILES string of the molecule is CC(C)O[C@@H]1OC(COCCO)[C@H](OCC2O[C@@H](O[C@H]3C(COCCO)O[C@@H](OC(C)C)C(OCCO)[C@H]3O)C(O)C(O)[C@H]2O[C@@H]2OC(CO)[C@H](O[C@@H]3OC(COCCO)[C@@H](C(C)C)[C@H](O)C3OCCO)[C@H](O)C2OCCO)[C@H](O)C1OCCO. The van der Waals surface area contributed by atoms with E-state index in [1.165, 1.54) is 0 Å². The zero-order chi connectivity index (χ0) is 62.3. The van der Waals surface area contributed by atoms with Gasteiger partial charge < -0.3 is 157 Å². The maximum Gasteiger partial charge on any atom is 0.187 e. The Bertz CT molecular complexity index is 1740. The lowest BCUT2D eigenvalue weighted by molar-refractivity contribution is -0.395. The minimum atomic E-state index is -2.12. The van der Waals surface area contributed by atoms with E-state index in [0.29, 0.717) is 0 Å². The Labute approximate surface area is 494 Å². The van der Waals surface area contributed by atoms with Gasteiger partial charge in [0.2, 0.25) is 0 Å². The van der Waals surface area contributed by atoms with Crippen LogP contribution in [-0.4, -0.2) is 357 Å². The van der Waals surface area contributed by atoms with Crippen LogP contribution in [0.4, 0.5) is 0 Å². The van der Waals surface area contributed by atoms with Crippen LogP contribution in [0.3, 0.4) is 0 Å². The Hall–Kier alpha value is -1.28. The van der Waals surface area contributed by atoms with Crippen LogP contribution in [0.2, 0.25) is 0 Å². The second-order valence-electron chi connectivity index (χ2n) is 21.8. The third-order valence-electron chi connectivity index (χ3n) is 14.5. The molecule has 32 heteroatoms. The molecule has 0 amide bonds. The predicted molar refractivity (Wildman–Crippen MR) is 283 cm³/mol. The Morgan fingerprint density at radius 1 is 0.306 bits per heavy atom. The van der Waals surface area contributed by atoms with E-state index in [1.807, 2.05) is 13.8 Å². The summed E-state index contributed by atoms with van der Waals surface area (Å²) in [6, 6.07) is 0. The molecular weight excluding hydrogens is 1150 g/mol. The molecule has 11 unspecified atom stereocenters. The first-order valence-corrected chi connectivity index (χ1v) is 29.2. The molecule has 5 aliphatic rings. The molecule has 0 radical (unpaired) electrons. The quantitative estimate of drug-likeness (QED) is 0.0254. The summed E-state index contributed by atoms with van der Waals surface area (Å²) in [5, 5.41) is 151. The van der Waals surface area contributed by atoms with Crippen molar-refractivity contribution in [3.8, 4) is 0 Å². The Morgan fingerprint density at radius 3 is 1.06 bits per heavy atom. The maximum absolute atomic E-state index is 12.3. The minimum Gasteiger partial charge on any atom is -0.394 e. The second kappa shape index (κ2) is 38.5. The van der Waals surface area contributed by atoms with Gasteiger partial charge in [-0.3, -0.25) is 0 Å². The van der Waals surface area contributed by atoms with E-state index in [2.05, 4.69) is 0 Å². The molecule has 85 heavy (non-hydrogen) atoms. The highest BCUT2D eigenvalue weighted by Gasteiger charge is 2.58. The average Bonchev–Trinajstić information content (AvgIpc) is 1.77. The molecule has 0 aromatic carbocycles. The van der Waals surface area contributed by atoms with Crippen molar-refractivity contribution < 1.29 is 157 Å². The van der Waals surface area contributed by atoms with Crippen molar-refractivity contribution in [3.05, 3.63) is 0 Å². The smallest absolute Gasteiger partial charge is 0.187 e. The fraction of sp³-hybridized carbons (Fsp3) is 1.00. The number of rotatable bonds is 39. The lowest BCUT2D eigenvalue weighted by Crippen LogP contribution is -2.68. The van der Waals surface area contributed by atoms with E-state index in [9.17, 15) is 71.5 Å². The van der Waals surface area contributed by atoms with E-state index in [0.717, 1.165) is 0 Å². The van der Waals surface area contributed by atoms with Gasteiger partial charge in [-0.2, -0.15) is 0 Å². The summed E-state index contributed by atoms with van der Waals surface area (Å²) >= 11 is 0. The van der Waals surface area contributed by atoms with E-state index in [1.54, 1.807) is 27.7 Å². The molecule has 14 N–H and O–H groups in total. The third-order valence-corrected chi connectivity index (χ3v) is 14.5. The van der Waals surface area contributed by atoms with Crippen molar-refractivity contribution in [2.24, 2.45) is 11.8 Å². The fourth-order valence-corrected chi connectivity index (χ4v) is 10.8. The standard InChI is InChI=1S/C53H98O32/c1-26(2)34-30(22-68-14-7-54)79-52(45(35(34)62)71-17-10-57)84-42-29(21-61)78-53(48(39(42)66)74-20-13-60)85-43-33(25-75-41-31(23-69-15-8-55)81-50(76-27(3)4)46(38(41)65)72-18-11-58)80-49(37(64)36(43)63)83-44-32(24-70-16-9-56)82-51(77-28(5)6)47(40(44)67)73-19-12-59/h26-67H,7-25H2,1-6H3/t29?,30?,31?,32?,33?,34-,35+,36?,37?,38+,39+,40+,41+,42+,43+,44+,45?,46?,47?,48?,49+,50-,51-,52+,53+/m1/s1. The summed E-state index contributed by atoms with van der Waals surface area (Å²) in [5.74, 6) is -0.862. The van der Waals surface area contributed by atoms with E-state index in [-0.39, 0.29) is 78.6 Å². The fourth-order valence-electron chi connectivity index (χ4n) is 10.8. The van der Waals surface area contributed by atoms with Gasteiger partial charge in [0.1, 0.15) is 104 Å². The van der Waals surface area contributed by atoms with Gasteiger partial charge in [0.05, 0.1) is 150 Å². The van der Waals surface area contributed by atoms with Crippen LogP contribution < -0.4 is 0 Å². The molecule has 32 nitrogen and oxygen atoms in total. The molecule has 0 saturated carbocycles. The van der Waals surface area contributed by atoms with Crippen LogP contribution in [0.5, 0.6) is 0 Å². The molecule has 0 spiro atoms. The van der Waals surface area contributed by atoms with Gasteiger partial charge >= 0.3 is 0 Å². The zero-order valence-electron chi connectivity index (χ0n) is 49.2. The van der Waals surface area contributed by atoms with Gasteiger partial charge in [0.25, 0.3) is 0 Å². The Balaban J connectivity index is 1.54. The summed E-state index contributed by atoms with van der Waals surface area (Å²) in [5.41, 5.74) is 0. The van der Waals surface area contributed by atoms with Crippen molar-refractivity contribution in [2.45, 2.75) is 201 Å². The number of hydrogen-bond acceptors (Lipinski definition) is 32. The van der Waals surface area contributed by atoms with Crippen LogP contribution in [-0.2, 0) is 85.3 Å². The van der Waals surface area contributed by atoms with Crippen molar-refractivity contribution in [3.63, 3.8) is 0 Å². The summed E-state index contributed by atoms with van der Waals surface area (Å²) in [4.78, 5) is 0. The summed E-state index contributed by atoms with van der Waals surface area (Å²) in [6.45, 7) is 3.29. The molecule has 5 heterocycles. The van der Waals surface area contributed by atoms with E-state index >= 15 is 0 Å². The van der Waals surface area contributed by atoms with Crippen LogP contribution in [0.25, 0.3) is 0 Å². The highest BCUT2D eigenvalue weighted by Crippen LogP contribution is 2.39. The van der Waals surface area contributed by atoms with Gasteiger partial charge in [-0.05, 0) is 33.6 Å². The van der Waals surface area contributed by atoms with E-state index < -0.39 is 218 Å². The number of hydrogen-bond donors (Lipinski definition) is 14. The molecule has 25 atom stereocenters.